The van der Waals surface area contributed by atoms with Crippen molar-refractivity contribution in [2.75, 3.05) is 5.32 Å². The number of primary amides is 1. The van der Waals surface area contributed by atoms with Crippen LogP contribution in [0.1, 0.15) is 51.1 Å². The molecule has 0 bridgehead atoms. The van der Waals surface area contributed by atoms with E-state index in [0.717, 1.165) is 29.8 Å². The zero-order valence-electron chi connectivity index (χ0n) is 21.9. The Labute approximate surface area is 233 Å². The fraction of sp³-hybridized carbons (Fsp3) is 0.161. The minimum Gasteiger partial charge on any atom is -0.366 e. The number of pyridine rings is 1. The molecule has 208 valence electrons. The molecule has 1 aliphatic heterocycles. The lowest BCUT2D eigenvalue weighted by atomic mass is 9.93. The van der Waals surface area contributed by atoms with Crippen LogP contribution in [0.4, 0.5) is 18.9 Å². The van der Waals surface area contributed by atoms with Crippen LogP contribution in [0.25, 0.3) is 11.1 Å². The molecule has 0 spiro atoms. The minimum absolute atomic E-state index is 0.0546. The minimum atomic E-state index is -0.958. The normalized spacial score (nSPS) is 14.7. The maximum absolute atomic E-state index is 14.2. The fourth-order valence-electron chi connectivity index (χ4n) is 5.09. The average molecular weight is 559 g/mol. The second-order valence-corrected chi connectivity index (χ2v) is 9.93. The third-order valence-corrected chi connectivity index (χ3v) is 6.96. The Morgan fingerprint density at radius 2 is 1.78 bits per heavy atom. The first-order chi connectivity index (χ1) is 19.6. The summed E-state index contributed by atoms with van der Waals surface area (Å²) in [5.74, 6) is -4.85. The number of rotatable bonds is 8. The Morgan fingerprint density at radius 3 is 2.51 bits per heavy atom. The highest BCUT2D eigenvalue weighted by Crippen LogP contribution is 2.36. The van der Waals surface area contributed by atoms with Gasteiger partial charge in [0.15, 0.2) is 0 Å². The van der Waals surface area contributed by atoms with Crippen molar-refractivity contribution in [3.05, 3.63) is 118 Å². The number of nitrogens with one attached hydrogen (secondary N) is 2. The number of hydrogen-bond acceptors (Lipinski definition) is 4. The molecule has 1 unspecified atom stereocenters. The highest BCUT2D eigenvalue weighted by Gasteiger charge is 2.33. The molecule has 3 amide bonds. The van der Waals surface area contributed by atoms with E-state index in [1.165, 1.54) is 18.3 Å². The highest BCUT2D eigenvalue weighted by atomic mass is 19.1. The molecule has 0 aliphatic carbocycles. The van der Waals surface area contributed by atoms with Crippen LogP contribution in [0.5, 0.6) is 0 Å². The molecule has 4 aromatic rings. The van der Waals surface area contributed by atoms with Gasteiger partial charge in [-0.1, -0.05) is 24.3 Å². The summed E-state index contributed by atoms with van der Waals surface area (Å²) in [6, 6.07) is 14.7. The maximum Gasteiger partial charge on any atom is 0.251 e. The molecule has 2 heterocycles. The molecule has 3 aromatic carbocycles. The summed E-state index contributed by atoms with van der Waals surface area (Å²) in [6.45, 7) is 1.89. The van der Waals surface area contributed by atoms with Gasteiger partial charge in [0.2, 0.25) is 11.8 Å². The first kappa shape index (κ1) is 27.6. The molecule has 7 nitrogen and oxygen atoms in total. The van der Waals surface area contributed by atoms with E-state index in [0.29, 0.717) is 28.1 Å². The Balaban J connectivity index is 1.51. The van der Waals surface area contributed by atoms with E-state index in [2.05, 4.69) is 15.6 Å². The predicted octanol–water partition coefficient (Wildman–Crippen LogP) is 5.10. The van der Waals surface area contributed by atoms with Gasteiger partial charge in [-0.3, -0.25) is 19.4 Å². The molecule has 4 N–H and O–H groups in total. The largest absolute Gasteiger partial charge is 0.366 e. The molecule has 1 aromatic heterocycles. The summed E-state index contributed by atoms with van der Waals surface area (Å²) in [5.41, 5.74) is 8.70. The Kier molecular flexibility index (Phi) is 7.56. The van der Waals surface area contributed by atoms with E-state index < -0.39 is 41.2 Å². The first-order valence-corrected chi connectivity index (χ1v) is 12.8. The zero-order chi connectivity index (χ0) is 29.3. The number of aryl methyl sites for hydroxylation is 1. The topological polar surface area (TPSA) is 114 Å². The molecular weight excluding hydrogens is 533 g/mol. The van der Waals surface area contributed by atoms with E-state index in [4.69, 9.17) is 5.73 Å². The lowest BCUT2D eigenvalue weighted by Gasteiger charge is -2.22. The molecule has 5 rings (SSSR count). The van der Waals surface area contributed by atoms with Gasteiger partial charge in [0.25, 0.3) is 5.91 Å². The number of benzene rings is 3. The quantitative estimate of drug-likeness (QED) is 0.279. The van der Waals surface area contributed by atoms with Crippen molar-refractivity contribution in [3.63, 3.8) is 0 Å². The summed E-state index contributed by atoms with van der Waals surface area (Å²) < 4.78 is 42.3. The Morgan fingerprint density at radius 1 is 1.02 bits per heavy atom. The van der Waals surface area contributed by atoms with E-state index >= 15 is 0 Å². The smallest absolute Gasteiger partial charge is 0.251 e. The monoisotopic (exact) mass is 558 g/mol. The Bertz CT molecular complexity index is 1670. The summed E-state index contributed by atoms with van der Waals surface area (Å²) in [7, 11) is 0. The van der Waals surface area contributed by atoms with Crippen LogP contribution in [-0.2, 0) is 16.0 Å². The fourth-order valence-corrected chi connectivity index (χ4v) is 5.09. The number of nitrogens with two attached hydrogens (primary N) is 1. The maximum atomic E-state index is 14.2. The number of anilines is 1. The lowest BCUT2D eigenvalue weighted by molar-refractivity contribution is -0.125. The van der Waals surface area contributed by atoms with Crippen LogP contribution >= 0.6 is 0 Å². The molecule has 2 atom stereocenters. The molecule has 1 aliphatic rings. The van der Waals surface area contributed by atoms with Gasteiger partial charge in [0.1, 0.15) is 17.5 Å². The van der Waals surface area contributed by atoms with Gasteiger partial charge < -0.3 is 16.4 Å². The molecule has 0 saturated carbocycles. The predicted molar refractivity (Wildman–Crippen MR) is 146 cm³/mol. The number of amides is 3. The van der Waals surface area contributed by atoms with Gasteiger partial charge in [-0.15, -0.1) is 0 Å². The second-order valence-electron chi connectivity index (χ2n) is 9.93. The van der Waals surface area contributed by atoms with Crippen molar-refractivity contribution in [1.82, 2.24) is 10.3 Å². The second kappa shape index (κ2) is 11.2. The van der Waals surface area contributed by atoms with Crippen LogP contribution in [0, 0.1) is 24.4 Å². The standard InChI is InChI=1S/C31H25F3N4O3/c1-16-4-6-22-23(31(41)38-26(22)9-16)15-28(39)37-27(12-17-10-19(32)14-20(33)11-17)29-21(3-2-8-36-29)18-5-7-25(34)24(13-18)30(35)40/h2-11,13-14,23,27H,12,15H2,1H3,(H2,35,40)(H,37,39)(H,38,41)/t23-,27?/m0/s1. The van der Waals surface area contributed by atoms with Crippen LogP contribution in [0.15, 0.2) is 72.9 Å². The molecule has 0 fully saturated rings. The number of aromatic nitrogens is 1. The van der Waals surface area contributed by atoms with Crippen LogP contribution < -0.4 is 16.4 Å². The first-order valence-electron chi connectivity index (χ1n) is 12.8. The lowest BCUT2D eigenvalue weighted by Crippen LogP contribution is -2.33. The molecule has 41 heavy (non-hydrogen) atoms. The molecule has 0 radical (unpaired) electrons. The van der Waals surface area contributed by atoms with Crippen molar-refractivity contribution in [2.24, 2.45) is 5.73 Å². The van der Waals surface area contributed by atoms with E-state index in [9.17, 15) is 27.6 Å². The van der Waals surface area contributed by atoms with Crippen molar-refractivity contribution in [3.8, 4) is 11.1 Å². The number of hydrogen-bond donors (Lipinski definition) is 3. The van der Waals surface area contributed by atoms with Crippen LogP contribution in [0.3, 0.4) is 0 Å². The van der Waals surface area contributed by atoms with Gasteiger partial charge in [-0.2, -0.15) is 0 Å². The van der Waals surface area contributed by atoms with Crippen molar-refractivity contribution in [1.29, 1.82) is 0 Å². The summed E-state index contributed by atoms with van der Waals surface area (Å²) in [4.78, 5) is 42.3. The summed E-state index contributed by atoms with van der Waals surface area (Å²) in [5, 5.41) is 5.67. The van der Waals surface area contributed by atoms with Gasteiger partial charge in [-0.25, -0.2) is 13.2 Å². The SMILES string of the molecule is Cc1ccc2c(c1)NC(=O)[C@H]2CC(=O)NC(Cc1cc(F)cc(F)c1)c1ncccc1-c1ccc(F)c(C(N)=O)c1. The zero-order valence-corrected chi connectivity index (χ0v) is 21.9. The van der Waals surface area contributed by atoms with Gasteiger partial charge in [0, 0.05) is 29.9 Å². The number of carbonyl (C=O) groups excluding carboxylic acids is 3. The summed E-state index contributed by atoms with van der Waals surface area (Å²) in [6.07, 6.45) is 1.24. The third-order valence-electron chi connectivity index (χ3n) is 6.96. The molecular formula is C31H25F3N4O3. The van der Waals surface area contributed by atoms with E-state index in [1.807, 2.05) is 19.1 Å². The van der Waals surface area contributed by atoms with E-state index in [-0.39, 0.29) is 29.9 Å². The number of nitrogens with zero attached hydrogens (tertiary/aromatic N) is 1. The van der Waals surface area contributed by atoms with Gasteiger partial charge >= 0.3 is 0 Å². The van der Waals surface area contributed by atoms with Crippen molar-refractivity contribution in [2.45, 2.75) is 31.7 Å². The molecule has 10 heteroatoms. The number of fused-ring (bicyclic) bond motifs is 1. The van der Waals surface area contributed by atoms with Gasteiger partial charge in [0.05, 0.1) is 23.2 Å². The van der Waals surface area contributed by atoms with Gasteiger partial charge in [-0.05, 0) is 72.0 Å². The van der Waals surface area contributed by atoms with Crippen molar-refractivity contribution < 1.29 is 27.6 Å². The van der Waals surface area contributed by atoms with Crippen LogP contribution in [-0.4, -0.2) is 22.7 Å². The van der Waals surface area contributed by atoms with E-state index in [1.54, 1.807) is 18.2 Å². The van der Waals surface area contributed by atoms with Crippen LogP contribution in [0.2, 0.25) is 0 Å². The van der Waals surface area contributed by atoms with Crippen molar-refractivity contribution >= 4 is 23.4 Å². The highest BCUT2D eigenvalue weighted by molar-refractivity contribution is 6.05. The number of halogens is 3. The Hall–Kier alpha value is -4.99. The summed E-state index contributed by atoms with van der Waals surface area (Å²) >= 11 is 0. The molecule has 0 saturated heterocycles. The third kappa shape index (κ3) is 5.96. The average Bonchev–Trinajstić information content (AvgIpc) is 3.21. The number of carbonyl (C=O) groups is 3.